The minimum atomic E-state index is -4.55. The molecular formula is C17H12Cl2F3N5OS. The Morgan fingerprint density at radius 1 is 1.14 bits per heavy atom. The van der Waals surface area contributed by atoms with E-state index in [-0.39, 0.29) is 21.6 Å². The zero-order valence-electron chi connectivity index (χ0n) is 14.4. The number of nitrogen functional groups attached to an aromatic ring is 1. The molecular weight excluding hydrogens is 450 g/mol. The Kier molecular flexibility index (Phi) is 6.25. The molecule has 12 heteroatoms. The van der Waals surface area contributed by atoms with E-state index in [0.717, 1.165) is 30.0 Å². The highest BCUT2D eigenvalue weighted by atomic mass is 35.5. The van der Waals surface area contributed by atoms with Gasteiger partial charge in [0.15, 0.2) is 5.82 Å². The fraction of sp³-hybridized carbons (Fsp3) is 0.118. The predicted molar refractivity (Wildman–Crippen MR) is 106 cm³/mol. The van der Waals surface area contributed by atoms with Crippen molar-refractivity contribution >= 4 is 46.6 Å². The quantitative estimate of drug-likeness (QED) is 0.424. The van der Waals surface area contributed by atoms with Crippen LogP contribution in [0.15, 0.2) is 47.6 Å². The number of hydrogen-bond donors (Lipinski definition) is 2. The molecule has 0 atom stereocenters. The van der Waals surface area contributed by atoms with E-state index in [1.54, 1.807) is 24.3 Å². The lowest BCUT2D eigenvalue weighted by Gasteiger charge is -2.11. The van der Waals surface area contributed by atoms with Gasteiger partial charge in [0, 0.05) is 5.56 Å². The lowest BCUT2D eigenvalue weighted by atomic mass is 10.2. The van der Waals surface area contributed by atoms with Crippen molar-refractivity contribution < 1.29 is 18.0 Å². The number of benzene rings is 2. The minimum Gasteiger partial charge on any atom is -0.335 e. The maximum Gasteiger partial charge on any atom is 0.416 e. The van der Waals surface area contributed by atoms with Crippen molar-refractivity contribution in [3.8, 4) is 11.4 Å². The van der Waals surface area contributed by atoms with Gasteiger partial charge in [-0.1, -0.05) is 47.1 Å². The average molecular weight is 462 g/mol. The van der Waals surface area contributed by atoms with Crippen LogP contribution in [0.3, 0.4) is 0 Å². The van der Waals surface area contributed by atoms with Crippen LogP contribution in [0.5, 0.6) is 0 Å². The second-order valence-corrected chi connectivity index (χ2v) is 7.44. The minimum absolute atomic E-state index is 0.0145. The molecule has 3 N–H and O–H groups in total. The van der Waals surface area contributed by atoms with Crippen molar-refractivity contribution in [1.29, 1.82) is 0 Å². The third-order valence-electron chi connectivity index (χ3n) is 3.68. The number of carbonyl (C=O) groups excluding carboxylic acids is 1. The number of carbonyl (C=O) groups is 1. The number of amides is 1. The molecule has 0 aliphatic rings. The molecule has 3 rings (SSSR count). The van der Waals surface area contributed by atoms with Gasteiger partial charge in [-0.25, -0.2) is 4.68 Å². The second kappa shape index (κ2) is 8.52. The molecule has 0 aliphatic carbocycles. The topological polar surface area (TPSA) is 85.8 Å². The Morgan fingerprint density at radius 3 is 2.55 bits per heavy atom. The fourth-order valence-electron chi connectivity index (χ4n) is 2.32. The Morgan fingerprint density at radius 2 is 1.86 bits per heavy atom. The first-order valence-corrected chi connectivity index (χ1v) is 9.65. The van der Waals surface area contributed by atoms with Crippen LogP contribution in [0, 0.1) is 0 Å². The molecule has 3 aromatic rings. The summed E-state index contributed by atoms with van der Waals surface area (Å²) in [6.45, 7) is 0. The van der Waals surface area contributed by atoms with Crippen molar-refractivity contribution in [1.82, 2.24) is 14.9 Å². The van der Waals surface area contributed by atoms with E-state index in [1.807, 2.05) is 0 Å². The normalized spacial score (nSPS) is 11.5. The number of aromatic nitrogens is 3. The summed E-state index contributed by atoms with van der Waals surface area (Å²) in [5.74, 6) is 5.51. The first kappa shape index (κ1) is 21.3. The maximum atomic E-state index is 12.8. The fourth-order valence-corrected chi connectivity index (χ4v) is 3.36. The number of nitrogens with zero attached hydrogens (tertiary/aromatic N) is 3. The van der Waals surface area contributed by atoms with Gasteiger partial charge < -0.3 is 11.2 Å². The molecule has 0 saturated carbocycles. The van der Waals surface area contributed by atoms with Crippen LogP contribution in [0.1, 0.15) is 5.56 Å². The number of hydrogen-bond acceptors (Lipinski definition) is 5. The van der Waals surface area contributed by atoms with Crippen molar-refractivity contribution in [2.75, 3.05) is 16.9 Å². The summed E-state index contributed by atoms with van der Waals surface area (Å²) in [6, 6.07) is 9.57. The van der Waals surface area contributed by atoms with E-state index in [2.05, 4.69) is 15.5 Å². The van der Waals surface area contributed by atoms with Crippen LogP contribution in [-0.2, 0) is 11.0 Å². The molecule has 1 heterocycles. The monoisotopic (exact) mass is 461 g/mol. The lowest BCUT2D eigenvalue weighted by molar-refractivity contribution is -0.137. The molecule has 6 nitrogen and oxygen atoms in total. The predicted octanol–water partition coefficient (Wildman–Crippen LogP) is 4.72. The van der Waals surface area contributed by atoms with Crippen LogP contribution < -0.4 is 11.2 Å². The molecule has 2 aromatic carbocycles. The SMILES string of the molecule is Nn1c(SCC(=O)Nc2cc(C(F)(F)F)ccc2Cl)nnc1-c1ccccc1Cl. The molecule has 0 saturated heterocycles. The molecule has 0 unspecified atom stereocenters. The van der Waals surface area contributed by atoms with E-state index >= 15 is 0 Å². The Balaban J connectivity index is 1.69. The molecule has 0 fully saturated rings. The number of nitrogens with two attached hydrogens (primary N) is 1. The lowest BCUT2D eigenvalue weighted by Crippen LogP contribution is -2.17. The van der Waals surface area contributed by atoms with Crippen LogP contribution in [0.4, 0.5) is 18.9 Å². The molecule has 29 heavy (non-hydrogen) atoms. The van der Waals surface area contributed by atoms with Crippen molar-refractivity contribution in [2.24, 2.45) is 0 Å². The first-order valence-electron chi connectivity index (χ1n) is 7.91. The summed E-state index contributed by atoms with van der Waals surface area (Å²) in [6.07, 6.45) is -4.55. The van der Waals surface area contributed by atoms with Crippen LogP contribution in [0.2, 0.25) is 10.0 Å². The van der Waals surface area contributed by atoms with Gasteiger partial charge in [-0.05, 0) is 30.3 Å². The summed E-state index contributed by atoms with van der Waals surface area (Å²) >= 11 is 12.9. The number of thioether (sulfide) groups is 1. The van der Waals surface area contributed by atoms with Crippen molar-refractivity contribution in [3.05, 3.63) is 58.1 Å². The van der Waals surface area contributed by atoms with Gasteiger partial charge >= 0.3 is 6.18 Å². The molecule has 0 radical (unpaired) electrons. The maximum absolute atomic E-state index is 12.8. The Bertz CT molecular complexity index is 1060. The van der Waals surface area contributed by atoms with Crippen LogP contribution in [-0.4, -0.2) is 26.5 Å². The highest BCUT2D eigenvalue weighted by molar-refractivity contribution is 7.99. The molecule has 1 aromatic heterocycles. The number of alkyl halides is 3. The van der Waals surface area contributed by atoms with E-state index in [1.165, 1.54) is 4.68 Å². The van der Waals surface area contributed by atoms with E-state index < -0.39 is 17.6 Å². The zero-order valence-corrected chi connectivity index (χ0v) is 16.7. The third-order valence-corrected chi connectivity index (χ3v) is 5.28. The number of anilines is 1. The van der Waals surface area contributed by atoms with Gasteiger partial charge in [0.2, 0.25) is 11.1 Å². The van der Waals surface area contributed by atoms with Crippen molar-refractivity contribution in [3.63, 3.8) is 0 Å². The average Bonchev–Trinajstić information content (AvgIpc) is 3.02. The third kappa shape index (κ3) is 4.95. The largest absolute Gasteiger partial charge is 0.416 e. The van der Waals surface area contributed by atoms with E-state index in [9.17, 15) is 18.0 Å². The molecule has 1 amide bonds. The van der Waals surface area contributed by atoms with Gasteiger partial charge in [0.25, 0.3) is 0 Å². The summed E-state index contributed by atoms with van der Waals surface area (Å²) in [4.78, 5) is 12.1. The van der Waals surface area contributed by atoms with Gasteiger partial charge in [-0.3, -0.25) is 4.79 Å². The van der Waals surface area contributed by atoms with Crippen molar-refractivity contribution in [2.45, 2.75) is 11.3 Å². The summed E-state index contributed by atoms with van der Waals surface area (Å²) in [5, 5.41) is 10.9. The van der Waals surface area contributed by atoms with Crippen LogP contribution >= 0.6 is 35.0 Å². The highest BCUT2D eigenvalue weighted by Gasteiger charge is 2.31. The number of rotatable bonds is 5. The van der Waals surface area contributed by atoms with Gasteiger partial charge in [0.05, 0.1) is 27.0 Å². The Hall–Kier alpha value is -2.43. The highest BCUT2D eigenvalue weighted by Crippen LogP contribution is 2.34. The van der Waals surface area contributed by atoms with Crippen LogP contribution in [0.25, 0.3) is 11.4 Å². The number of halogens is 5. The van der Waals surface area contributed by atoms with E-state index in [0.29, 0.717) is 16.4 Å². The number of nitrogens with one attached hydrogen (secondary N) is 1. The first-order chi connectivity index (χ1) is 13.7. The Labute approximate surface area is 177 Å². The summed E-state index contributed by atoms with van der Waals surface area (Å²) in [5.41, 5.74) is -0.495. The van der Waals surface area contributed by atoms with E-state index in [4.69, 9.17) is 29.0 Å². The smallest absolute Gasteiger partial charge is 0.335 e. The summed E-state index contributed by atoms with van der Waals surface area (Å²) in [7, 11) is 0. The zero-order chi connectivity index (χ0) is 21.2. The van der Waals surface area contributed by atoms with Gasteiger partial charge in [-0.15, -0.1) is 10.2 Å². The van der Waals surface area contributed by atoms with Gasteiger partial charge in [-0.2, -0.15) is 13.2 Å². The molecule has 0 spiro atoms. The summed E-state index contributed by atoms with van der Waals surface area (Å²) < 4.78 is 39.6. The standard InChI is InChI=1S/C17H12Cl2F3N5OS/c18-11-4-2-1-3-10(11)15-25-26-16(27(15)23)29-8-14(28)24-13-7-9(17(20,21)22)5-6-12(13)19/h1-7H,8,23H2,(H,24,28). The molecule has 0 aliphatic heterocycles. The molecule has 0 bridgehead atoms. The second-order valence-electron chi connectivity index (χ2n) is 5.69. The van der Waals surface area contributed by atoms with Gasteiger partial charge in [0.1, 0.15) is 0 Å². The molecule has 152 valence electrons.